The molecule has 0 spiro atoms. The smallest absolute Gasteiger partial charge is 0.136 e. The third-order valence-corrected chi connectivity index (χ3v) is 3.01. The number of aromatic nitrogens is 1. The van der Waals surface area contributed by atoms with Crippen LogP contribution in [0.3, 0.4) is 0 Å². The molecule has 17 heavy (non-hydrogen) atoms. The van der Waals surface area contributed by atoms with E-state index in [1.54, 1.807) is 12.4 Å². The minimum Gasteiger partial charge on any atom is -0.492 e. The van der Waals surface area contributed by atoms with Gasteiger partial charge in [0.25, 0.3) is 0 Å². The number of benzene rings is 1. The number of ether oxygens (including phenoxy) is 1. The maximum Gasteiger partial charge on any atom is 0.136 e. The number of halogens is 1. The Morgan fingerprint density at radius 1 is 1.24 bits per heavy atom. The predicted octanol–water partition coefficient (Wildman–Crippen LogP) is 3.05. The Morgan fingerprint density at radius 3 is 2.82 bits per heavy atom. The lowest BCUT2D eigenvalue weighted by molar-refractivity contribution is 0.320. The lowest BCUT2D eigenvalue weighted by Gasteiger charge is -2.08. The van der Waals surface area contributed by atoms with Gasteiger partial charge in [0.15, 0.2) is 0 Å². The van der Waals surface area contributed by atoms with Gasteiger partial charge in [-0.15, -0.1) is 0 Å². The Labute approximate surface area is 109 Å². The molecular weight excluding hydrogens is 280 g/mol. The van der Waals surface area contributed by atoms with Gasteiger partial charge in [-0.2, -0.15) is 0 Å². The summed E-state index contributed by atoms with van der Waals surface area (Å²) in [4.78, 5) is 3.98. The highest BCUT2D eigenvalue weighted by molar-refractivity contribution is 9.10. The number of hydrogen-bond acceptors (Lipinski definition) is 3. The average Bonchev–Trinajstić information content (AvgIpc) is 2.34. The van der Waals surface area contributed by atoms with Crippen molar-refractivity contribution in [3.05, 3.63) is 52.8 Å². The van der Waals surface area contributed by atoms with Gasteiger partial charge >= 0.3 is 0 Å². The summed E-state index contributed by atoms with van der Waals surface area (Å²) in [5.74, 6) is 0.800. The van der Waals surface area contributed by atoms with E-state index in [4.69, 9.17) is 10.5 Å². The Kier molecular flexibility index (Phi) is 3.98. The molecule has 1 heterocycles. The van der Waals surface area contributed by atoms with Crippen LogP contribution in [0.1, 0.15) is 5.56 Å². The minimum absolute atomic E-state index is 0.594. The third-order valence-electron chi connectivity index (χ3n) is 2.42. The highest BCUT2D eigenvalue weighted by Gasteiger charge is 2.01. The Morgan fingerprint density at radius 2 is 2.06 bits per heavy atom. The molecule has 0 fully saturated rings. The highest BCUT2D eigenvalue weighted by atomic mass is 79.9. The van der Waals surface area contributed by atoms with Crippen molar-refractivity contribution >= 4 is 21.6 Å². The van der Waals surface area contributed by atoms with E-state index in [1.807, 2.05) is 30.3 Å². The predicted molar refractivity (Wildman–Crippen MR) is 72.0 cm³/mol. The first kappa shape index (κ1) is 11.9. The number of nitrogens with zero attached hydrogens (tertiary/aromatic N) is 1. The van der Waals surface area contributed by atoms with Crippen LogP contribution in [0.25, 0.3) is 0 Å². The summed E-state index contributed by atoms with van der Waals surface area (Å²) in [6.07, 6.45) is 4.21. The van der Waals surface area contributed by atoms with E-state index in [2.05, 4.69) is 20.9 Å². The summed E-state index contributed by atoms with van der Waals surface area (Å²) in [7, 11) is 0. The van der Waals surface area contributed by atoms with Crippen molar-refractivity contribution in [1.82, 2.24) is 4.98 Å². The molecule has 0 amide bonds. The summed E-state index contributed by atoms with van der Waals surface area (Å²) >= 11 is 3.38. The molecule has 3 nitrogen and oxygen atoms in total. The first-order chi connectivity index (χ1) is 8.27. The van der Waals surface area contributed by atoms with Crippen molar-refractivity contribution in [3.63, 3.8) is 0 Å². The summed E-state index contributed by atoms with van der Waals surface area (Å²) in [6.45, 7) is 0.594. The zero-order valence-corrected chi connectivity index (χ0v) is 10.9. The number of nitrogens with two attached hydrogens (primary N) is 1. The molecule has 0 aliphatic rings. The first-order valence-corrected chi connectivity index (χ1v) is 6.12. The molecule has 0 saturated carbocycles. The van der Waals surface area contributed by atoms with Crippen molar-refractivity contribution in [3.8, 4) is 5.75 Å². The van der Waals surface area contributed by atoms with Gasteiger partial charge in [0, 0.05) is 24.5 Å². The van der Waals surface area contributed by atoms with Crippen molar-refractivity contribution in [1.29, 1.82) is 0 Å². The van der Waals surface area contributed by atoms with E-state index in [-0.39, 0.29) is 0 Å². The second-order valence-electron chi connectivity index (χ2n) is 3.60. The molecule has 0 aliphatic carbocycles. The molecule has 4 heteroatoms. The second kappa shape index (κ2) is 5.68. The molecule has 1 aromatic heterocycles. The van der Waals surface area contributed by atoms with Crippen LogP contribution in [0.5, 0.6) is 5.75 Å². The van der Waals surface area contributed by atoms with Gasteiger partial charge in [-0.05, 0) is 33.6 Å². The number of para-hydroxylation sites is 1. The van der Waals surface area contributed by atoms with Crippen LogP contribution >= 0.6 is 15.9 Å². The number of pyridine rings is 1. The molecule has 2 N–H and O–H groups in total. The van der Waals surface area contributed by atoms with E-state index in [9.17, 15) is 0 Å². The quantitative estimate of drug-likeness (QED) is 0.881. The SMILES string of the molecule is Nc1ccccc1CCOc1ccncc1Br. The molecule has 88 valence electrons. The molecule has 2 rings (SSSR count). The van der Waals surface area contributed by atoms with Gasteiger partial charge in [-0.1, -0.05) is 18.2 Å². The van der Waals surface area contributed by atoms with Crippen LogP contribution in [0.2, 0.25) is 0 Å². The zero-order valence-electron chi connectivity index (χ0n) is 9.27. The normalized spacial score (nSPS) is 10.2. The molecule has 0 aliphatic heterocycles. The monoisotopic (exact) mass is 292 g/mol. The molecular formula is C13H13BrN2O. The Hall–Kier alpha value is -1.55. The molecule has 0 saturated heterocycles. The maximum absolute atomic E-state index is 5.86. The molecule has 2 aromatic rings. The van der Waals surface area contributed by atoms with Gasteiger partial charge in [0.2, 0.25) is 0 Å². The van der Waals surface area contributed by atoms with Crippen LogP contribution in [-0.4, -0.2) is 11.6 Å². The van der Waals surface area contributed by atoms with Gasteiger partial charge in [-0.3, -0.25) is 4.98 Å². The molecule has 0 unspecified atom stereocenters. The summed E-state index contributed by atoms with van der Waals surface area (Å²) in [6, 6.07) is 9.66. The fraction of sp³-hybridized carbons (Fsp3) is 0.154. The van der Waals surface area contributed by atoms with Crippen LogP contribution in [-0.2, 0) is 6.42 Å². The topological polar surface area (TPSA) is 48.1 Å². The zero-order chi connectivity index (χ0) is 12.1. The Bertz CT molecular complexity index is 457. The van der Waals surface area contributed by atoms with Crippen LogP contribution in [0, 0.1) is 0 Å². The van der Waals surface area contributed by atoms with E-state index in [1.165, 1.54) is 0 Å². The maximum atomic E-state index is 5.86. The summed E-state index contributed by atoms with van der Waals surface area (Å²) < 4.78 is 6.52. The first-order valence-electron chi connectivity index (χ1n) is 5.33. The standard InChI is InChI=1S/C13H13BrN2O/c14-11-9-16-7-5-13(11)17-8-6-10-3-1-2-4-12(10)15/h1-5,7,9H,6,8,15H2. The number of hydrogen-bond donors (Lipinski definition) is 1. The molecule has 0 bridgehead atoms. The van der Waals surface area contributed by atoms with Crippen molar-refractivity contribution in [2.24, 2.45) is 0 Å². The second-order valence-corrected chi connectivity index (χ2v) is 4.46. The summed E-state index contributed by atoms with van der Waals surface area (Å²) in [5, 5.41) is 0. The lowest BCUT2D eigenvalue weighted by Crippen LogP contribution is -2.04. The fourth-order valence-electron chi connectivity index (χ4n) is 1.51. The number of nitrogen functional groups attached to an aromatic ring is 1. The van der Waals surface area contributed by atoms with Crippen molar-refractivity contribution in [2.45, 2.75) is 6.42 Å². The fourth-order valence-corrected chi connectivity index (χ4v) is 1.88. The van der Waals surface area contributed by atoms with Gasteiger partial charge < -0.3 is 10.5 Å². The summed E-state index contributed by atoms with van der Waals surface area (Å²) in [5.41, 5.74) is 7.77. The molecule has 0 atom stereocenters. The average molecular weight is 293 g/mol. The van der Waals surface area contributed by atoms with E-state index in [0.717, 1.165) is 27.9 Å². The van der Waals surface area contributed by atoms with Crippen molar-refractivity contribution < 1.29 is 4.74 Å². The molecule has 1 aromatic carbocycles. The van der Waals surface area contributed by atoms with Crippen LogP contribution in [0.4, 0.5) is 5.69 Å². The van der Waals surface area contributed by atoms with Gasteiger partial charge in [0.05, 0.1) is 11.1 Å². The number of anilines is 1. The van der Waals surface area contributed by atoms with Gasteiger partial charge in [0.1, 0.15) is 5.75 Å². The van der Waals surface area contributed by atoms with E-state index >= 15 is 0 Å². The van der Waals surface area contributed by atoms with E-state index < -0.39 is 0 Å². The minimum atomic E-state index is 0.594. The highest BCUT2D eigenvalue weighted by Crippen LogP contribution is 2.23. The van der Waals surface area contributed by atoms with Crippen LogP contribution < -0.4 is 10.5 Å². The van der Waals surface area contributed by atoms with Crippen molar-refractivity contribution in [2.75, 3.05) is 12.3 Å². The Balaban J connectivity index is 1.93. The number of rotatable bonds is 4. The third kappa shape index (κ3) is 3.20. The van der Waals surface area contributed by atoms with Gasteiger partial charge in [-0.25, -0.2) is 0 Å². The largest absolute Gasteiger partial charge is 0.492 e. The molecule has 0 radical (unpaired) electrons. The lowest BCUT2D eigenvalue weighted by atomic mass is 10.1. The van der Waals surface area contributed by atoms with E-state index in [0.29, 0.717) is 6.61 Å². The van der Waals surface area contributed by atoms with Crippen LogP contribution in [0.15, 0.2) is 47.2 Å².